The smallest absolute Gasteiger partial charge is 0.443 e. The van der Waals surface area contributed by atoms with Gasteiger partial charge in [0.25, 0.3) is 0 Å². The summed E-state index contributed by atoms with van der Waals surface area (Å²) in [6.45, 7) is 3.77. The first-order chi connectivity index (χ1) is 20.2. The van der Waals surface area contributed by atoms with E-state index in [1.165, 1.54) is 12.0 Å². The summed E-state index contributed by atoms with van der Waals surface area (Å²) in [6.07, 6.45) is 1.95. The Labute approximate surface area is 243 Å². The number of amides is 1. The minimum absolute atomic E-state index is 0.0580. The number of ether oxygens (including phenoxy) is 1. The van der Waals surface area contributed by atoms with Gasteiger partial charge in [-0.1, -0.05) is 25.1 Å². The number of para-hydroxylation sites is 1. The monoisotopic (exact) mass is 567 g/mol. The Kier molecular flexibility index (Phi) is 7.92. The number of aryl methyl sites for hydroxylation is 2. The zero-order valence-corrected chi connectivity index (χ0v) is 24.5. The lowest BCUT2D eigenvalue weighted by Gasteiger charge is -2.22. The lowest BCUT2D eigenvalue weighted by atomic mass is 10.1. The first-order valence-electron chi connectivity index (χ1n) is 13.5. The van der Waals surface area contributed by atoms with Crippen LogP contribution in [0.25, 0.3) is 21.8 Å². The van der Waals surface area contributed by atoms with Crippen LogP contribution in [0.4, 0.5) is 22.0 Å². The van der Waals surface area contributed by atoms with Crippen LogP contribution in [-0.4, -0.2) is 64.7 Å². The number of nitrogens with one attached hydrogen (secondary N) is 1. The third-order valence-electron chi connectivity index (χ3n) is 7.08. The molecule has 2 aromatic carbocycles. The number of benzene rings is 2. The second-order valence-corrected chi connectivity index (χ2v) is 10.1. The molecule has 11 nitrogen and oxygen atoms in total. The summed E-state index contributed by atoms with van der Waals surface area (Å²) in [6, 6.07) is 17.3. The summed E-state index contributed by atoms with van der Waals surface area (Å²) in [4.78, 5) is 48.2. The van der Waals surface area contributed by atoms with Crippen LogP contribution < -0.4 is 15.1 Å². The van der Waals surface area contributed by atoms with Crippen LogP contribution in [0.2, 0.25) is 0 Å². The van der Waals surface area contributed by atoms with Crippen molar-refractivity contribution < 1.29 is 19.2 Å². The van der Waals surface area contributed by atoms with E-state index in [9.17, 15) is 9.59 Å². The number of hydrogen-bond donors (Lipinski definition) is 1. The van der Waals surface area contributed by atoms with Crippen molar-refractivity contribution in [3.05, 3.63) is 77.9 Å². The van der Waals surface area contributed by atoms with Crippen molar-refractivity contribution in [2.45, 2.75) is 26.7 Å². The quantitative estimate of drug-likeness (QED) is 0.250. The fourth-order valence-corrected chi connectivity index (χ4v) is 4.79. The Morgan fingerprint density at radius 1 is 1.00 bits per heavy atom. The van der Waals surface area contributed by atoms with Gasteiger partial charge in [0.1, 0.15) is 5.82 Å². The summed E-state index contributed by atoms with van der Waals surface area (Å²) in [7, 11) is 6.85. The summed E-state index contributed by atoms with van der Waals surface area (Å²) in [5, 5.41) is 1.62. The SMILES string of the molecule is CCc1cc2ccccc2n1C(=O)ONc1nc(C)nc2ccc(N(C)c3cnc(OC)c(CC(=O)N(C)C)c3)cc12. The summed E-state index contributed by atoms with van der Waals surface area (Å²) < 4.78 is 6.96. The van der Waals surface area contributed by atoms with Gasteiger partial charge in [0, 0.05) is 48.9 Å². The van der Waals surface area contributed by atoms with E-state index in [0.29, 0.717) is 40.4 Å². The summed E-state index contributed by atoms with van der Waals surface area (Å²) in [5.74, 6) is 1.23. The van der Waals surface area contributed by atoms with Crippen molar-refractivity contribution >= 4 is 51.0 Å². The number of pyridine rings is 1. The Hall–Kier alpha value is -5.19. The Morgan fingerprint density at radius 2 is 1.79 bits per heavy atom. The van der Waals surface area contributed by atoms with Crippen LogP contribution in [0.1, 0.15) is 24.0 Å². The molecule has 0 bridgehead atoms. The molecule has 0 aliphatic rings. The highest BCUT2D eigenvalue weighted by molar-refractivity contribution is 5.94. The van der Waals surface area contributed by atoms with E-state index >= 15 is 0 Å². The number of methoxy groups -OCH3 is 1. The lowest BCUT2D eigenvalue weighted by Crippen LogP contribution is -2.24. The van der Waals surface area contributed by atoms with Gasteiger partial charge in [-0.05, 0) is 49.7 Å². The molecule has 3 heterocycles. The molecular weight excluding hydrogens is 534 g/mol. The van der Waals surface area contributed by atoms with E-state index < -0.39 is 6.09 Å². The van der Waals surface area contributed by atoms with Gasteiger partial charge >= 0.3 is 6.09 Å². The Morgan fingerprint density at radius 3 is 2.52 bits per heavy atom. The van der Waals surface area contributed by atoms with Crippen molar-refractivity contribution in [3.63, 3.8) is 0 Å². The molecule has 0 saturated carbocycles. The van der Waals surface area contributed by atoms with Crippen LogP contribution in [0.15, 0.2) is 60.8 Å². The van der Waals surface area contributed by atoms with Gasteiger partial charge in [0.2, 0.25) is 11.8 Å². The molecule has 0 radical (unpaired) electrons. The molecule has 0 aliphatic heterocycles. The second-order valence-electron chi connectivity index (χ2n) is 10.1. The number of likely N-dealkylation sites (N-methyl/N-ethyl adjacent to an activating group) is 1. The Bertz CT molecular complexity index is 1800. The van der Waals surface area contributed by atoms with Crippen LogP contribution in [-0.2, 0) is 22.5 Å². The van der Waals surface area contributed by atoms with E-state index in [0.717, 1.165) is 28.0 Å². The number of nitrogens with zero attached hydrogens (tertiary/aromatic N) is 6. The predicted octanol–water partition coefficient (Wildman–Crippen LogP) is 5.27. The maximum absolute atomic E-state index is 13.2. The fourth-order valence-electron chi connectivity index (χ4n) is 4.79. The molecule has 3 aromatic heterocycles. The first-order valence-corrected chi connectivity index (χ1v) is 13.5. The molecule has 1 N–H and O–H groups in total. The van der Waals surface area contributed by atoms with Crippen molar-refractivity contribution in [2.24, 2.45) is 0 Å². The molecule has 11 heteroatoms. The molecule has 216 valence electrons. The third-order valence-corrected chi connectivity index (χ3v) is 7.08. The van der Waals surface area contributed by atoms with Crippen molar-refractivity contribution in [2.75, 3.05) is 38.6 Å². The van der Waals surface area contributed by atoms with Crippen molar-refractivity contribution in [3.8, 4) is 5.88 Å². The highest BCUT2D eigenvalue weighted by atomic mass is 16.7. The zero-order valence-electron chi connectivity index (χ0n) is 24.5. The minimum Gasteiger partial charge on any atom is -0.481 e. The molecule has 0 spiro atoms. The van der Waals surface area contributed by atoms with Crippen LogP contribution in [0.5, 0.6) is 5.88 Å². The van der Waals surface area contributed by atoms with E-state index in [2.05, 4.69) is 20.4 Å². The highest BCUT2D eigenvalue weighted by Gasteiger charge is 2.18. The van der Waals surface area contributed by atoms with Gasteiger partial charge in [0.15, 0.2) is 5.82 Å². The predicted molar refractivity (Wildman–Crippen MR) is 162 cm³/mol. The molecule has 5 rings (SSSR count). The standard InChI is InChI=1S/C31H33N7O4/c1-7-22-14-20-10-8-9-11-27(20)38(22)31(40)42-35-29-25-17-23(12-13-26(25)33-19(2)34-29)37(5)24-15-21(16-28(39)36(3)4)30(41-6)32-18-24/h8-15,17-18H,7,16H2,1-6H3,(H,33,34,35). The summed E-state index contributed by atoms with van der Waals surface area (Å²) in [5.41, 5.74) is 7.33. The molecule has 0 aliphatic carbocycles. The minimum atomic E-state index is -0.560. The van der Waals surface area contributed by atoms with E-state index in [-0.39, 0.29) is 12.3 Å². The summed E-state index contributed by atoms with van der Waals surface area (Å²) >= 11 is 0. The number of carbonyl (C=O) groups is 2. The molecule has 0 saturated heterocycles. The van der Waals surface area contributed by atoms with E-state index in [1.807, 2.05) is 73.5 Å². The molecule has 1 amide bonds. The number of fused-ring (bicyclic) bond motifs is 2. The number of hydrogen-bond acceptors (Lipinski definition) is 9. The maximum Gasteiger partial charge on any atom is 0.443 e. The number of anilines is 3. The maximum atomic E-state index is 13.2. The van der Waals surface area contributed by atoms with E-state index in [4.69, 9.17) is 9.57 Å². The fraction of sp³-hybridized carbons (Fsp3) is 0.258. The molecule has 0 unspecified atom stereocenters. The van der Waals surface area contributed by atoms with Gasteiger partial charge in [-0.25, -0.2) is 24.3 Å². The average Bonchev–Trinajstić information content (AvgIpc) is 3.38. The van der Waals surface area contributed by atoms with Crippen molar-refractivity contribution in [1.29, 1.82) is 0 Å². The molecule has 0 atom stereocenters. The Balaban J connectivity index is 1.45. The largest absolute Gasteiger partial charge is 0.481 e. The first kappa shape index (κ1) is 28.3. The van der Waals surface area contributed by atoms with Crippen molar-refractivity contribution in [1.82, 2.24) is 24.4 Å². The van der Waals surface area contributed by atoms with E-state index in [1.54, 1.807) is 31.8 Å². The topological polar surface area (TPSA) is 115 Å². The van der Waals surface area contributed by atoms with Gasteiger partial charge < -0.3 is 19.4 Å². The van der Waals surface area contributed by atoms with Gasteiger partial charge in [0.05, 0.1) is 36.4 Å². The molecule has 42 heavy (non-hydrogen) atoms. The van der Waals surface area contributed by atoms with Crippen LogP contribution >= 0.6 is 0 Å². The molecule has 5 aromatic rings. The zero-order chi connectivity index (χ0) is 30.0. The van der Waals surface area contributed by atoms with Gasteiger partial charge in [-0.2, -0.15) is 5.48 Å². The highest BCUT2D eigenvalue weighted by Crippen LogP contribution is 2.31. The average molecular weight is 568 g/mol. The number of carbonyl (C=O) groups excluding carboxylic acids is 2. The van der Waals surface area contributed by atoms with Gasteiger partial charge in [-0.3, -0.25) is 4.79 Å². The number of aromatic nitrogens is 4. The molecule has 0 fully saturated rings. The normalized spacial score (nSPS) is 11.0. The lowest BCUT2D eigenvalue weighted by molar-refractivity contribution is -0.128. The van der Waals surface area contributed by atoms with Gasteiger partial charge in [-0.15, -0.1) is 0 Å². The van der Waals surface area contributed by atoms with Crippen LogP contribution in [0.3, 0.4) is 0 Å². The van der Waals surface area contributed by atoms with Crippen LogP contribution in [0, 0.1) is 6.92 Å². The second kappa shape index (κ2) is 11.7. The number of rotatable bonds is 8. The molecular formula is C31H33N7O4. The third kappa shape index (κ3) is 5.53.